The molecule has 0 atom stereocenters. The van der Waals surface area contributed by atoms with E-state index >= 15 is 0 Å². The van der Waals surface area contributed by atoms with Crippen LogP contribution in [-0.2, 0) is 0 Å². The van der Waals surface area contributed by atoms with Crippen LogP contribution in [0.2, 0.25) is 5.02 Å². The van der Waals surface area contributed by atoms with Gasteiger partial charge in [-0.25, -0.2) is 0 Å². The fourth-order valence-electron chi connectivity index (χ4n) is 3.12. The first-order valence-corrected chi connectivity index (χ1v) is 11.0. The highest BCUT2D eigenvalue weighted by atomic mass is 35.5. The lowest BCUT2D eigenvalue weighted by Gasteiger charge is -2.23. The molecule has 0 aliphatic rings. The van der Waals surface area contributed by atoms with Crippen LogP contribution in [0.1, 0.15) is 36.2 Å². The quantitative estimate of drug-likeness (QED) is 0.434. The van der Waals surface area contributed by atoms with E-state index in [9.17, 15) is 18.0 Å². The van der Waals surface area contributed by atoms with Gasteiger partial charge in [-0.05, 0) is 42.9 Å². The zero-order valence-electron chi connectivity index (χ0n) is 18.9. The second kappa shape index (κ2) is 12.0. The van der Waals surface area contributed by atoms with Crippen LogP contribution in [0.5, 0.6) is 0 Å². The van der Waals surface area contributed by atoms with Crippen molar-refractivity contribution in [3.8, 4) is 0 Å². The van der Waals surface area contributed by atoms with Gasteiger partial charge in [0.05, 0.1) is 16.4 Å². The zero-order valence-corrected chi connectivity index (χ0v) is 19.7. The number of halogens is 4. The first-order chi connectivity index (χ1) is 15.6. The Hall–Kier alpha value is -2.71. The molecule has 0 aliphatic carbocycles. The first-order valence-electron chi connectivity index (χ1n) is 10.6. The standard InChI is InChI=1S/C24H28ClF3N4O/c1-4-32(5-2)15-14-31(3)23(33)18-12-10-17(11-13-18)21(16-22(29)24(26,27)28)30-20-9-7-6-8-19(20)25/h6-13,29H,4-5,14-16H2,1-3H3. The fourth-order valence-corrected chi connectivity index (χ4v) is 3.30. The summed E-state index contributed by atoms with van der Waals surface area (Å²) in [7, 11) is 1.72. The lowest BCUT2D eigenvalue weighted by atomic mass is 10.0. The van der Waals surface area contributed by atoms with Crippen LogP contribution in [0.4, 0.5) is 18.9 Å². The molecule has 0 fully saturated rings. The number of alkyl halides is 3. The zero-order chi connectivity index (χ0) is 24.6. The molecule has 0 saturated heterocycles. The number of amides is 1. The number of carbonyl (C=O) groups excluding carboxylic acids is 1. The van der Waals surface area contributed by atoms with Gasteiger partial charge in [0.15, 0.2) is 0 Å². The molecule has 0 aliphatic heterocycles. The van der Waals surface area contributed by atoms with Crippen molar-refractivity contribution in [2.45, 2.75) is 26.4 Å². The predicted octanol–water partition coefficient (Wildman–Crippen LogP) is 5.85. The van der Waals surface area contributed by atoms with E-state index in [-0.39, 0.29) is 16.6 Å². The molecule has 5 nitrogen and oxygen atoms in total. The van der Waals surface area contributed by atoms with E-state index in [1.54, 1.807) is 60.5 Å². The Labute approximate surface area is 197 Å². The molecular weight excluding hydrogens is 453 g/mol. The van der Waals surface area contributed by atoms with Gasteiger partial charge in [-0.3, -0.25) is 9.79 Å². The summed E-state index contributed by atoms with van der Waals surface area (Å²) in [4.78, 5) is 20.9. The second-order valence-electron chi connectivity index (χ2n) is 7.49. The molecular formula is C24H28ClF3N4O. The lowest BCUT2D eigenvalue weighted by molar-refractivity contribution is -0.0605. The van der Waals surface area contributed by atoms with Crippen molar-refractivity contribution >= 4 is 34.6 Å². The molecule has 9 heteroatoms. The minimum Gasteiger partial charge on any atom is -0.340 e. The van der Waals surface area contributed by atoms with Gasteiger partial charge in [-0.15, -0.1) is 0 Å². The summed E-state index contributed by atoms with van der Waals surface area (Å²) < 4.78 is 39.1. The van der Waals surface area contributed by atoms with E-state index in [2.05, 4.69) is 23.7 Å². The molecule has 0 radical (unpaired) electrons. The molecule has 0 spiro atoms. The first kappa shape index (κ1) is 26.5. The van der Waals surface area contributed by atoms with Crippen LogP contribution in [0, 0.1) is 5.41 Å². The Bertz CT molecular complexity index is 986. The Morgan fingerprint density at radius 1 is 1.00 bits per heavy atom. The number of aliphatic imine (C=N–C) groups is 1. The topological polar surface area (TPSA) is 59.8 Å². The number of para-hydroxylation sites is 1. The van der Waals surface area contributed by atoms with Crippen LogP contribution in [0.15, 0.2) is 53.5 Å². The van der Waals surface area contributed by atoms with E-state index in [1.807, 2.05) is 0 Å². The van der Waals surface area contributed by atoms with Gasteiger partial charge in [-0.1, -0.05) is 49.7 Å². The number of rotatable bonds is 10. The highest BCUT2D eigenvalue weighted by Crippen LogP contribution is 2.27. The molecule has 0 bridgehead atoms. The average molecular weight is 481 g/mol. The van der Waals surface area contributed by atoms with Crippen molar-refractivity contribution in [1.82, 2.24) is 9.80 Å². The van der Waals surface area contributed by atoms with Crippen LogP contribution in [0.25, 0.3) is 0 Å². The number of likely N-dealkylation sites (N-methyl/N-ethyl adjacent to an activating group) is 2. The molecule has 178 valence electrons. The Morgan fingerprint density at radius 2 is 1.58 bits per heavy atom. The van der Waals surface area contributed by atoms with Crippen LogP contribution in [0.3, 0.4) is 0 Å². The van der Waals surface area contributed by atoms with Crippen molar-refractivity contribution in [2.75, 3.05) is 33.2 Å². The number of hydrogen-bond donors (Lipinski definition) is 1. The number of carbonyl (C=O) groups is 1. The number of benzene rings is 2. The van der Waals surface area contributed by atoms with E-state index < -0.39 is 18.3 Å². The van der Waals surface area contributed by atoms with E-state index in [0.717, 1.165) is 19.6 Å². The van der Waals surface area contributed by atoms with Crippen molar-refractivity contribution in [1.29, 1.82) is 5.41 Å². The third-order valence-corrected chi connectivity index (χ3v) is 5.57. The summed E-state index contributed by atoms with van der Waals surface area (Å²) in [5.74, 6) is -0.179. The van der Waals surface area contributed by atoms with Crippen molar-refractivity contribution < 1.29 is 18.0 Å². The third kappa shape index (κ3) is 7.68. The SMILES string of the molecule is CCN(CC)CCN(C)C(=O)c1ccc(C(CC(=N)C(F)(F)F)=Nc2ccccc2Cl)cc1. The number of nitrogens with zero attached hydrogens (tertiary/aromatic N) is 3. The van der Waals surface area contributed by atoms with E-state index in [4.69, 9.17) is 17.0 Å². The summed E-state index contributed by atoms with van der Waals surface area (Å²) in [6.07, 6.45) is -5.48. The largest absolute Gasteiger partial charge is 0.429 e. The lowest BCUT2D eigenvalue weighted by Crippen LogP contribution is -2.36. The molecule has 1 amide bonds. The molecule has 0 aromatic heterocycles. The molecule has 33 heavy (non-hydrogen) atoms. The maximum atomic E-state index is 13.0. The van der Waals surface area contributed by atoms with Crippen molar-refractivity contribution in [3.63, 3.8) is 0 Å². The van der Waals surface area contributed by atoms with Gasteiger partial charge in [0.25, 0.3) is 5.91 Å². The number of nitrogens with one attached hydrogen (secondary N) is 1. The summed E-state index contributed by atoms with van der Waals surface area (Å²) in [5.41, 5.74) is -0.264. The molecule has 0 heterocycles. The normalized spacial score (nSPS) is 12.2. The molecule has 2 rings (SSSR count). The Balaban J connectivity index is 2.27. The van der Waals surface area contributed by atoms with Crippen molar-refractivity contribution in [3.05, 3.63) is 64.7 Å². The van der Waals surface area contributed by atoms with Gasteiger partial charge in [0.2, 0.25) is 0 Å². The molecule has 1 N–H and O–H groups in total. The highest BCUT2D eigenvalue weighted by molar-refractivity contribution is 6.33. The second-order valence-corrected chi connectivity index (χ2v) is 7.90. The number of hydrogen-bond acceptors (Lipinski definition) is 4. The third-order valence-electron chi connectivity index (χ3n) is 5.25. The van der Waals surface area contributed by atoms with E-state index in [1.165, 1.54) is 0 Å². The smallest absolute Gasteiger partial charge is 0.340 e. The Kier molecular flexibility index (Phi) is 9.61. The van der Waals surface area contributed by atoms with E-state index in [0.29, 0.717) is 23.4 Å². The van der Waals surface area contributed by atoms with Gasteiger partial charge >= 0.3 is 6.18 Å². The summed E-state index contributed by atoms with van der Waals surface area (Å²) >= 11 is 6.12. The highest BCUT2D eigenvalue weighted by Gasteiger charge is 2.35. The summed E-state index contributed by atoms with van der Waals surface area (Å²) in [6, 6.07) is 12.7. The summed E-state index contributed by atoms with van der Waals surface area (Å²) in [5, 5.41) is 7.70. The van der Waals surface area contributed by atoms with Crippen LogP contribution < -0.4 is 0 Å². The van der Waals surface area contributed by atoms with Gasteiger partial charge in [0.1, 0.15) is 5.71 Å². The van der Waals surface area contributed by atoms with Crippen LogP contribution in [-0.4, -0.2) is 66.5 Å². The molecule has 2 aromatic carbocycles. The Morgan fingerprint density at radius 3 is 2.12 bits per heavy atom. The maximum Gasteiger partial charge on any atom is 0.429 e. The van der Waals surface area contributed by atoms with Gasteiger partial charge in [-0.2, -0.15) is 13.2 Å². The molecule has 2 aromatic rings. The van der Waals surface area contributed by atoms with Gasteiger partial charge < -0.3 is 15.2 Å². The van der Waals surface area contributed by atoms with Gasteiger partial charge in [0, 0.05) is 32.1 Å². The molecule has 0 saturated carbocycles. The fraction of sp³-hybridized carbons (Fsp3) is 0.375. The average Bonchev–Trinajstić information content (AvgIpc) is 2.79. The minimum absolute atomic E-state index is 0.0410. The monoisotopic (exact) mass is 480 g/mol. The predicted molar refractivity (Wildman–Crippen MR) is 127 cm³/mol. The van der Waals surface area contributed by atoms with Crippen LogP contribution >= 0.6 is 11.6 Å². The molecule has 0 unspecified atom stereocenters. The summed E-state index contributed by atoms with van der Waals surface area (Å²) in [6.45, 7) is 7.22. The van der Waals surface area contributed by atoms with Crippen molar-refractivity contribution in [2.24, 2.45) is 4.99 Å². The minimum atomic E-state index is -4.76. The maximum absolute atomic E-state index is 13.0.